The monoisotopic (exact) mass is 428 g/mol. The number of hydrogen-bond acceptors (Lipinski definition) is 4. The van der Waals surface area contributed by atoms with E-state index in [0.29, 0.717) is 32.4 Å². The van der Waals surface area contributed by atoms with Crippen LogP contribution in [0.1, 0.15) is 41.9 Å². The Hall–Kier alpha value is -2.74. The van der Waals surface area contributed by atoms with E-state index in [-0.39, 0.29) is 23.5 Å². The summed E-state index contributed by atoms with van der Waals surface area (Å²) in [6.07, 6.45) is 4.41. The molecule has 0 radical (unpaired) electrons. The summed E-state index contributed by atoms with van der Waals surface area (Å²) in [6, 6.07) is 10.3. The lowest BCUT2D eigenvalue weighted by Gasteiger charge is -2.16. The van der Waals surface area contributed by atoms with Crippen LogP contribution in [0.5, 0.6) is 0 Å². The molecule has 1 aliphatic rings. The summed E-state index contributed by atoms with van der Waals surface area (Å²) in [5.74, 6) is 0.521. The Morgan fingerprint density at radius 3 is 2.83 bits per heavy atom. The fourth-order valence-corrected chi connectivity index (χ4v) is 4.57. The number of thiophene rings is 1. The van der Waals surface area contributed by atoms with E-state index in [1.165, 1.54) is 21.7 Å². The van der Waals surface area contributed by atoms with E-state index in [4.69, 9.17) is 0 Å². The van der Waals surface area contributed by atoms with Crippen molar-refractivity contribution in [2.75, 3.05) is 0 Å². The molecule has 1 atom stereocenters. The van der Waals surface area contributed by atoms with Crippen LogP contribution >= 0.6 is 11.3 Å². The lowest BCUT2D eigenvalue weighted by atomic mass is 10.1. The Labute approximate surface area is 178 Å². The van der Waals surface area contributed by atoms with Crippen LogP contribution in [0.2, 0.25) is 0 Å². The van der Waals surface area contributed by atoms with E-state index < -0.39 is 0 Å². The van der Waals surface area contributed by atoms with E-state index in [9.17, 15) is 14.0 Å². The van der Waals surface area contributed by atoms with Crippen LogP contribution in [-0.2, 0) is 30.7 Å². The number of benzene rings is 1. The van der Waals surface area contributed by atoms with Crippen molar-refractivity contribution in [2.45, 2.75) is 57.7 Å². The van der Waals surface area contributed by atoms with Gasteiger partial charge in [0.05, 0.1) is 6.54 Å². The molecule has 0 saturated carbocycles. The fraction of sp³-hybridized carbons (Fsp3) is 0.409. The molecule has 0 bridgehead atoms. The summed E-state index contributed by atoms with van der Waals surface area (Å²) in [5, 5.41) is 9.66. The van der Waals surface area contributed by atoms with Crippen LogP contribution in [-0.4, -0.2) is 26.3 Å². The molecule has 8 heteroatoms. The molecule has 3 heterocycles. The molecule has 0 fully saturated rings. The molecule has 0 saturated heterocycles. The second-order valence-electron chi connectivity index (χ2n) is 7.66. The van der Waals surface area contributed by atoms with E-state index in [2.05, 4.69) is 21.9 Å². The van der Waals surface area contributed by atoms with Crippen LogP contribution in [0.25, 0.3) is 0 Å². The quantitative estimate of drug-likeness (QED) is 0.629. The van der Waals surface area contributed by atoms with Gasteiger partial charge in [0.2, 0.25) is 5.91 Å². The first kappa shape index (κ1) is 20.5. The predicted octanol–water partition coefficient (Wildman–Crippen LogP) is 3.14. The van der Waals surface area contributed by atoms with E-state index in [1.54, 1.807) is 28.0 Å². The Morgan fingerprint density at radius 1 is 1.23 bits per heavy atom. The van der Waals surface area contributed by atoms with Gasteiger partial charge in [-0.3, -0.25) is 9.36 Å². The van der Waals surface area contributed by atoms with Crippen molar-refractivity contribution in [2.24, 2.45) is 0 Å². The van der Waals surface area contributed by atoms with E-state index in [0.717, 1.165) is 30.7 Å². The minimum atomic E-state index is -0.300. The number of fused-ring (bicyclic) bond motifs is 1. The van der Waals surface area contributed by atoms with Gasteiger partial charge in [-0.15, -0.1) is 11.3 Å². The van der Waals surface area contributed by atoms with Crippen molar-refractivity contribution in [3.05, 3.63) is 74.3 Å². The topological polar surface area (TPSA) is 68.9 Å². The van der Waals surface area contributed by atoms with Crippen molar-refractivity contribution < 1.29 is 9.18 Å². The highest BCUT2D eigenvalue weighted by atomic mass is 32.1. The van der Waals surface area contributed by atoms with Gasteiger partial charge >= 0.3 is 5.69 Å². The third kappa shape index (κ3) is 5.05. The van der Waals surface area contributed by atoms with Gasteiger partial charge in [-0.05, 0) is 54.8 Å². The molecule has 158 valence electrons. The average Bonchev–Trinajstić information content (AvgIpc) is 3.29. The number of amides is 1. The smallest absolute Gasteiger partial charge is 0.346 e. The first-order chi connectivity index (χ1) is 14.6. The van der Waals surface area contributed by atoms with Gasteiger partial charge in [0.25, 0.3) is 0 Å². The molecular formula is C22H25FN4O2S. The van der Waals surface area contributed by atoms with Gasteiger partial charge in [-0.1, -0.05) is 18.2 Å². The van der Waals surface area contributed by atoms with Crippen molar-refractivity contribution in [3.63, 3.8) is 0 Å². The molecule has 3 aromatic rings. The largest absolute Gasteiger partial charge is 0.353 e. The van der Waals surface area contributed by atoms with Crippen molar-refractivity contribution in [1.29, 1.82) is 0 Å². The lowest BCUT2D eigenvalue weighted by molar-refractivity contribution is -0.122. The summed E-state index contributed by atoms with van der Waals surface area (Å²) < 4.78 is 16.2. The Bertz CT molecular complexity index is 1040. The van der Waals surface area contributed by atoms with Gasteiger partial charge in [0.15, 0.2) is 0 Å². The van der Waals surface area contributed by atoms with Crippen molar-refractivity contribution in [3.8, 4) is 0 Å². The Morgan fingerprint density at radius 2 is 2.07 bits per heavy atom. The summed E-state index contributed by atoms with van der Waals surface area (Å²) in [4.78, 5) is 26.3. The van der Waals surface area contributed by atoms with Crippen LogP contribution in [0.15, 0.2) is 46.6 Å². The maximum Gasteiger partial charge on any atom is 0.346 e. The maximum atomic E-state index is 13.1. The second kappa shape index (κ2) is 9.38. The van der Waals surface area contributed by atoms with E-state index >= 15 is 0 Å². The average molecular weight is 429 g/mol. The Kier molecular flexibility index (Phi) is 6.42. The molecular weight excluding hydrogens is 403 g/mol. The minimum absolute atomic E-state index is 0.0610. The molecule has 1 N–H and O–H groups in total. The summed E-state index contributed by atoms with van der Waals surface area (Å²) in [5.41, 5.74) is 0.677. The van der Waals surface area contributed by atoms with Crippen molar-refractivity contribution >= 4 is 17.2 Å². The van der Waals surface area contributed by atoms with Gasteiger partial charge in [0, 0.05) is 30.3 Å². The Balaban J connectivity index is 1.30. The molecule has 0 aliphatic carbocycles. The number of hydrogen-bond donors (Lipinski definition) is 1. The SMILES string of the molecule is O=C(CCCc1cccs1)NC1CCc2nn(Cc3ccc(F)cc3)c(=O)n2CC1. The highest BCUT2D eigenvalue weighted by Crippen LogP contribution is 2.14. The number of halogens is 1. The number of nitrogens with zero attached hydrogens (tertiary/aromatic N) is 3. The highest BCUT2D eigenvalue weighted by molar-refractivity contribution is 7.09. The normalized spacial score (nSPS) is 16.1. The zero-order chi connectivity index (χ0) is 20.9. The number of aromatic nitrogens is 3. The van der Waals surface area contributed by atoms with Gasteiger partial charge < -0.3 is 5.32 Å². The molecule has 1 amide bonds. The van der Waals surface area contributed by atoms with Gasteiger partial charge in [-0.2, -0.15) is 5.10 Å². The predicted molar refractivity (Wildman–Crippen MR) is 114 cm³/mol. The maximum absolute atomic E-state index is 13.1. The standard InChI is InChI=1S/C22H25FN4O2S/c23-17-8-6-16(7-9-17)15-27-22(29)26-13-12-18(10-11-20(26)25-27)24-21(28)5-1-3-19-4-2-14-30-19/h2,4,6-9,14,18H,1,3,5,10-13,15H2,(H,24,28). The first-order valence-corrected chi connectivity index (χ1v) is 11.2. The number of rotatable bonds is 7. The summed E-state index contributed by atoms with van der Waals surface area (Å²) >= 11 is 1.72. The molecule has 4 rings (SSSR count). The number of carbonyl (C=O) groups excluding carboxylic acids is 1. The number of carbonyl (C=O) groups is 1. The van der Waals surface area contributed by atoms with E-state index in [1.807, 2.05) is 6.07 Å². The first-order valence-electron chi connectivity index (χ1n) is 10.3. The minimum Gasteiger partial charge on any atom is -0.353 e. The summed E-state index contributed by atoms with van der Waals surface area (Å²) in [6.45, 7) is 0.862. The molecule has 0 spiro atoms. The zero-order valence-electron chi connectivity index (χ0n) is 16.7. The molecule has 30 heavy (non-hydrogen) atoms. The number of nitrogens with one attached hydrogen (secondary N) is 1. The molecule has 1 aliphatic heterocycles. The third-order valence-corrected chi connectivity index (χ3v) is 6.37. The molecule has 6 nitrogen and oxygen atoms in total. The highest BCUT2D eigenvalue weighted by Gasteiger charge is 2.22. The fourth-order valence-electron chi connectivity index (χ4n) is 3.82. The van der Waals surface area contributed by atoms with Gasteiger partial charge in [0.1, 0.15) is 11.6 Å². The lowest BCUT2D eigenvalue weighted by Crippen LogP contribution is -2.35. The van der Waals surface area contributed by atoms with Crippen molar-refractivity contribution in [1.82, 2.24) is 19.7 Å². The van der Waals surface area contributed by atoms with Crippen LogP contribution in [0.3, 0.4) is 0 Å². The molecule has 1 unspecified atom stereocenters. The number of aryl methyl sites for hydroxylation is 2. The summed E-state index contributed by atoms with van der Waals surface area (Å²) in [7, 11) is 0. The van der Waals surface area contributed by atoms with Crippen LogP contribution < -0.4 is 11.0 Å². The van der Waals surface area contributed by atoms with Gasteiger partial charge in [-0.25, -0.2) is 13.9 Å². The van der Waals surface area contributed by atoms with Crippen LogP contribution in [0, 0.1) is 5.82 Å². The zero-order valence-corrected chi connectivity index (χ0v) is 17.5. The molecule has 2 aromatic heterocycles. The van der Waals surface area contributed by atoms with Crippen LogP contribution in [0.4, 0.5) is 4.39 Å². The second-order valence-corrected chi connectivity index (χ2v) is 8.69. The third-order valence-electron chi connectivity index (χ3n) is 5.43. The molecule has 1 aromatic carbocycles.